The Morgan fingerprint density at radius 3 is 2.31 bits per heavy atom. The van der Waals surface area contributed by atoms with Crippen molar-refractivity contribution in [3.8, 4) is 0 Å². The van der Waals surface area contributed by atoms with E-state index in [4.69, 9.17) is 10.5 Å². The zero-order valence-electron chi connectivity index (χ0n) is 10.7. The predicted molar refractivity (Wildman–Crippen MR) is 62.9 cm³/mol. The van der Waals surface area contributed by atoms with Gasteiger partial charge in [0.2, 0.25) is 0 Å². The van der Waals surface area contributed by atoms with Gasteiger partial charge in [-0.1, -0.05) is 20.8 Å². The molecule has 16 heavy (non-hydrogen) atoms. The average molecular weight is 229 g/mol. The highest BCUT2D eigenvalue weighted by Gasteiger charge is 2.19. The van der Waals surface area contributed by atoms with Gasteiger partial charge in [-0.25, -0.2) is 0 Å². The van der Waals surface area contributed by atoms with Crippen molar-refractivity contribution in [1.29, 1.82) is 0 Å². The van der Waals surface area contributed by atoms with Gasteiger partial charge in [0.05, 0.1) is 6.61 Å². The molecule has 0 radical (unpaired) electrons. The van der Waals surface area contributed by atoms with Gasteiger partial charge in [-0.15, -0.1) is 0 Å². The minimum Gasteiger partial charge on any atom is -0.465 e. The SMILES string of the molecule is CCOC(=O)C(N)CCC(=O)CC(C)(C)C. The van der Waals surface area contributed by atoms with E-state index in [-0.39, 0.29) is 11.2 Å². The van der Waals surface area contributed by atoms with Crippen LogP contribution in [0, 0.1) is 5.41 Å². The van der Waals surface area contributed by atoms with E-state index in [0.717, 1.165) is 0 Å². The number of nitrogens with two attached hydrogens (primary N) is 1. The summed E-state index contributed by atoms with van der Waals surface area (Å²) in [5.41, 5.74) is 5.58. The molecule has 0 fully saturated rings. The Labute approximate surface area is 97.5 Å². The number of esters is 1. The Bertz CT molecular complexity index is 243. The summed E-state index contributed by atoms with van der Waals surface area (Å²) in [6.07, 6.45) is 1.23. The summed E-state index contributed by atoms with van der Waals surface area (Å²) < 4.78 is 4.76. The van der Waals surface area contributed by atoms with Crippen molar-refractivity contribution in [2.24, 2.45) is 11.1 Å². The zero-order chi connectivity index (χ0) is 12.8. The lowest BCUT2D eigenvalue weighted by Gasteiger charge is -2.17. The smallest absolute Gasteiger partial charge is 0.322 e. The number of Topliss-reactive ketones (excluding diaryl/α,β-unsaturated/α-hetero) is 1. The minimum absolute atomic E-state index is 0.00882. The molecule has 4 heteroatoms. The monoisotopic (exact) mass is 229 g/mol. The van der Waals surface area contributed by atoms with Gasteiger partial charge < -0.3 is 10.5 Å². The van der Waals surface area contributed by atoms with Crippen LogP contribution in [-0.2, 0) is 14.3 Å². The zero-order valence-corrected chi connectivity index (χ0v) is 10.7. The number of carbonyl (C=O) groups is 2. The van der Waals surface area contributed by atoms with E-state index in [1.807, 2.05) is 20.8 Å². The van der Waals surface area contributed by atoms with E-state index >= 15 is 0 Å². The topological polar surface area (TPSA) is 69.4 Å². The fraction of sp³-hybridized carbons (Fsp3) is 0.833. The van der Waals surface area contributed by atoms with Gasteiger partial charge in [-0.2, -0.15) is 0 Å². The predicted octanol–water partition coefficient (Wildman–Crippen LogP) is 1.66. The highest BCUT2D eigenvalue weighted by atomic mass is 16.5. The van der Waals surface area contributed by atoms with Gasteiger partial charge in [0, 0.05) is 12.8 Å². The Morgan fingerprint density at radius 2 is 1.88 bits per heavy atom. The quantitative estimate of drug-likeness (QED) is 0.703. The molecule has 1 atom stereocenters. The van der Waals surface area contributed by atoms with Crippen LogP contribution in [0.4, 0.5) is 0 Å². The molecular weight excluding hydrogens is 206 g/mol. The van der Waals surface area contributed by atoms with Crippen LogP contribution >= 0.6 is 0 Å². The molecule has 0 aromatic rings. The number of ketones is 1. The molecule has 0 saturated carbocycles. The van der Waals surface area contributed by atoms with Gasteiger partial charge >= 0.3 is 5.97 Å². The van der Waals surface area contributed by atoms with Gasteiger partial charge in [-0.05, 0) is 18.8 Å². The first-order valence-corrected chi connectivity index (χ1v) is 5.70. The molecule has 0 spiro atoms. The highest BCUT2D eigenvalue weighted by Crippen LogP contribution is 2.20. The third-order valence-corrected chi connectivity index (χ3v) is 2.05. The third kappa shape index (κ3) is 7.40. The number of hydrogen-bond donors (Lipinski definition) is 1. The second-order valence-corrected chi connectivity index (χ2v) is 5.17. The molecule has 94 valence electrons. The van der Waals surface area contributed by atoms with Crippen LogP contribution in [0.2, 0.25) is 0 Å². The summed E-state index contributed by atoms with van der Waals surface area (Å²) in [6, 6.07) is -0.677. The molecule has 0 heterocycles. The lowest BCUT2D eigenvalue weighted by molar-refractivity contribution is -0.144. The molecule has 0 saturated heterocycles. The van der Waals surface area contributed by atoms with E-state index < -0.39 is 12.0 Å². The summed E-state index contributed by atoms with van der Waals surface area (Å²) in [5.74, 6) is -0.279. The van der Waals surface area contributed by atoms with Gasteiger partial charge in [0.1, 0.15) is 11.8 Å². The van der Waals surface area contributed by atoms with Crippen LogP contribution in [0.1, 0.15) is 47.0 Å². The fourth-order valence-electron chi connectivity index (χ4n) is 1.36. The van der Waals surface area contributed by atoms with Crippen LogP contribution in [0.25, 0.3) is 0 Å². The van der Waals surface area contributed by atoms with E-state index in [0.29, 0.717) is 25.9 Å². The molecule has 4 nitrogen and oxygen atoms in total. The van der Waals surface area contributed by atoms with Gasteiger partial charge in [0.15, 0.2) is 0 Å². The fourth-order valence-corrected chi connectivity index (χ4v) is 1.36. The summed E-state index contributed by atoms with van der Waals surface area (Å²) in [6.45, 7) is 8.08. The number of rotatable bonds is 6. The van der Waals surface area contributed by atoms with Crippen molar-refractivity contribution in [1.82, 2.24) is 0 Å². The lowest BCUT2D eigenvalue weighted by Crippen LogP contribution is -2.33. The number of hydrogen-bond acceptors (Lipinski definition) is 4. The van der Waals surface area contributed by atoms with Gasteiger partial charge in [0.25, 0.3) is 0 Å². The Morgan fingerprint density at radius 1 is 1.31 bits per heavy atom. The summed E-state index contributed by atoms with van der Waals surface area (Å²) in [5, 5.41) is 0. The third-order valence-electron chi connectivity index (χ3n) is 2.05. The normalized spacial score (nSPS) is 13.3. The van der Waals surface area contributed by atoms with Crippen LogP contribution in [0.5, 0.6) is 0 Å². The molecule has 1 unspecified atom stereocenters. The molecular formula is C12H23NO3. The van der Waals surface area contributed by atoms with E-state index in [1.54, 1.807) is 6.92 Å². The summed E-state index contributed by atoms with van der Waals surface area (Å²) >= 11 is 0. The lowest BCUT2D eigenvalue weighted by atomic mass is 9.88. The Kier molecular flexibility index (Phi) is 6.26. The highest BCUT2D eigenvalue weighted by molar-refractivity contribution is 5.81. The van der Waals surface area contributed by atoms with E-state index in [2.05, 4.69) is 0 Å². The molecule has 0 aromatic heterocycles. The van der Waals surface area contributed by atoms with Crippen molar-refractivity contribution < 1.29 is 14.3 Å². The first-order chi connectivity index (χ1) is 7.26. The maximum atomic E-state index is 11.5. The van der Waals surface area contributed by atoms with Crippen molar-refractivity contribution in [2.45, 2.75) is 53.0 Å². The van der Waals surface area contributed by atoms with Crippen molar-refractivity contribution in [2.75, 3.05) is 6.61 Å². The van der Waals surface area contributed by atoms with E-state index in [9.17, 15) is 9.59 Å². The van der Waals surface area contributed by atoms with Gasteiger partial charge in [-0.3, -0.25) is 9.59 Å². The maximum Gasteiger partial charge on any atom is 0.322 e. The average Bonchev–Trinajstić information content (AvgIpc) is 2.11. The van der Waals surface area contributed by atoms with Crippen LogP contribution in [0.15, 0.2) is 0 Å². The number of ether oxygens (including phenoxy) is 1. The van der Waals surface area contributed by atoms with Crippen LogP contribution in [0.3, 0.4) is 0 Å². The second-order valence-electron chi connectivity index (χ2n) is 5.17. The first kappa shape index (κ1) is 15.1. The standard InChI is InChI=1S/C12H23NO3/c1-5-16-11(15)10(13)7-6-9(14)8-12(2,3)4/h10H,5-8,13H2,1-4H3. The largest absolute Gasteiger partial charge is 0.465 e. The van der Waals surface area contributed by atoms with Crippen molar-refractivity contribution in [3.63, 3.8) is 0 Å². The van der Waals surface area contributed by atoms with Crippen molar-refractivity contribution >= 4 is 11.8 Å². The van der Waals surface area contributed by atoms with Crippen LogP contribution < -0.4 is 5.73 Å². The molecule has 0 aliphatic heterocycles. The maximum absolute atomic E-state index is 11.5. The Hall–Kier alpha value is -0.900. The van der Waals surface area contributed by atoms with Crippen molar-refractivity contribution in [3.05, 3.63) is 0 Å². The first-order valence-electron chi connectivity index (χ1n) is 5.70. The Balaban J connectivity index is 3.88. The van der Waals surface area contributed by atoms with Crippen LogP contribution in [-0.4, -0.2) is 24.4 Å². The molecule has 0 aromatic carbocycles. The van der Waals surface area contributed by atoms with E-state index in [1.165, 1.54) is 0 Å². The molecule has 0 rings (SSSR count). The molecule has 2 N–H and O–H groups in total. The molecule has 0 amide bonds. The second kappa shape index (κ2) is 6.63. The number of carbonyl (C=O) groups excluding carboxylic acids is 2. The molecule has 0 aliphatic rings. The minimum atomic E-state index is -0.677. The molecule has 0 aliphatic carbocycles. The summed E-state index contributed by atoms with van der Waals surface area (Å²) in [7, 11) is 0. The summed E-state index contributed by atoms with van der Waals surface area (Å²) in [4.78, 5) is 22.7. The molecule has 0 bridgehead atoms.